The van der Waals surface area contributed by atoms with Crippen LogP contribution in [0.1, 0.15) is 33.9 Å². The number of carbonyl (C=O) groups excluding carboxylic acids is 1. The summed E-state index contributed by atoms with van der Waals surface area (Å²) in [6.45, 7) is 1.92. The van der Waals surface area contributed by atoms with Crippen LogP contribution in [0.4, 0.5) is 4.39 Å². The van der Waals surface area contributed by atoms with Crippen LogP contribution < -0.4 is 5.32 Å². The molecular formula is C17H16FNO3. The predicted molar refractivity (Wildman–Crippen MR) is 80.0 cm³/mol. The van der Waals surface area contributed by atoms with Gasteiger partial charge in [-0.3, -0.25) is 9.59 Å². The fourth-order valence-corrected chi connectivity index (χ4v) is 2.07. The van der Waals surface area contributed by atoms with Crippen molar-refractivity contribution >= 4 is 11.9 Å². The van der Waals surface area contributed by atoms with Gasteiger partial charge in [0.2, 0.25) is 0 Å². The lowest BCUT2D eigenvalue weighted by atomic mass is 10.0. The monoisotopic (exact) mass is 301 g/mol. The lowest BCUT2D eigenvalue weighted by Gasteiger charge is -2.17. The standard InChI is InChI=1S/C17H16FNO3/c1-11-2-4-12(5-3-11)15(10-16(20)21)19-17(22)13-6-8-14(18)9-7-13/h2-9,15H,10H2,1H3,(H,19,22)(H,20,21). The van der Waals surface area contributed by atoms with Gasteiger partial charge in [-0.15, -0.1) is 0 Å². The Bertz CT molecular complexity index is 665. The van der Waals surface area contributed by atoms with E-state index < -0.39 is 23.7 Å². The van der Waals surface area contributed by atoms with Gasteiger partial charge >= 0.3 is 5.97 Å². The van der Waals surface area contributed by atoms with Crippen molar-refractivity contribution in [1.82, 2.24) is 5.32 Å². The van der Waals surface area contributed by atoms with Gasteiger partial charge in [0.05, 0.1) is 12.5 Å². The molecule has 0 bridgehead atoms. The second-order valence-electron chi connectivity index (χ2n) is 5.04. The van der Waals surface area contributed by atoms with Gasteiger partial charge in [-0.2, -0.15) is 0 Å². The van der Waals surface area contributed by atoms with Crippen molar-refractivity contribution in [3.05, 3.63) is 71.0 Å². The number of hydrogen-bond donors (Lipinski definition) is 2. The van der Waals surface area contributed by atoms with Gasteiger partial charge in [-0.1, -0.05) is 29.8 Å². The number of amides is 1. The number of halogens is 1. The van der Waals surface area contributed by atoms with Gasteiger partial charge in [-0.05, 0) is 36.8 Å². The zero-order valence-corrected chi connectivity index (χ0v) is 12.0. The van der Waals surface area contributed by atoms with E-state index in [0.29, 0.717) is 5.56 Å². The highest BCUT2D eigenvalue weighted by atomic mass is 19.1. The molecule has 0 aromatic heterocycles. The van der Waals surface area contributed by atoms with Gasteiger partial charge in [0.25, 0.3) is 5.91 Å². The number of nitrogens with one attached hydrogen (secondary N) is 1. The third-order valence-electron chi connectivity index (χ3n) is 3.27. The van der Waals surface area contributed by atoms with E-state index in [2.05, 4.69) is 5.32 Å². The van der Waals surface area contributed by atoms with Crippen LogP contribution in [-0.2, 0) is 4.79 Å². The summed E-state index contributed by atoms with van der Waals surface area (Å²) in [5, 5.41) is 11.7. The Labute approximate surface area is 127 Å². The SMILES string of the molecule is Cc1ccc(C(CC(=O)O)NC(=O)c2ccc(F)cc2)cc1. The summed E-state index contributed by atoms with van der Waals surface area (Å²) in [6, 6.07) is 11.7. The Morgan fingerprint density at radius 3 is 2.23 bits per heavy atom. The van der Waals surface area contributed by atoms with Gasteiger partial charge in [-0.25, -0.2) is 4.39 Å². The van der Waals surface area contributed by atoms with E-state index in [0.717, 1.165) is 5.56 Å². The maximum absolute atomic E-state index is 12.9. The van der Waals surface area contributed by atoms with Crippen molar-refractivity contribution in [2.24, 2.45) is 0 Å². The molecule has 5 heteroatoms. The van der Waals surface area contributed by atoms with Crippen molar-refractivity contribution in [2.75, 3.05) is 0 Å². The van der Waals surface area contributed by atoms with Crippen molar-refractivity contribution in [1.29, 1.82) is 0 Å². The van der Waals surface area contributed by atoms with Crippen LogP contribution in [0.25, 0.3) is 0 Å². The largest absolute Gasteiger partial charge is 0.481 e. The summed E-state index contributed by atoms with van der Waals surface area (Å²) in [4.78, 5) is 23.2. The first kappa shape index (κ1) is 15.7. The molecular weight excluding hydrogens is 285 g/mol. The third kappa shape index (κ3) is 4.15. The van der Waals surface area contributed by atoms with Crippen molar-refractivity contribution < 1.29 is 19.1 Å². The summed E-state index contributed by atoms with van der Waals surface area (Å²) < 4.78 is 12.9. The number of hydrogen-bond acceptors (Lipinski definition) is 2. The Balaban J connectivity index is 2.19. The lowest BCUT2D eigenvalue weighted by molar-refractivity contribution is -0.137. The maximum Gasteiger partial charge on any atom is 0.305 e. The number of rotatable bonds is 5. The van der Waals surface area contributed by atoms with Crippen LogP contribution in [-0.4, -0.2) is 17.0 Å². The molecule has 2 rings (SSSR count). The van der Waals surface area contributed by atoms with E-state index in [1.165, 1.54) is 24.3 Å². The highest BCUT2D eigenvalue weighted by Gasteiger charge is 2.18. The average molecular weight is 301 g/mol. The van der Waals surface area contributed by atoms with Crippen LogP contribution >= 0.6 is 0 Å². The second-order valence-corrected chi connectivity index (χ2v) is 5.04. The molecule has 0 saturated heterocycles. The molecule has 1 amide bonds. The quantitative estimate of drug-likeness (QED) is 0.892. The van der Waals surface area contributed by atoms with E-state index in [1.807, 2.05) is 19.1 Å². The molecule has 0 aliphatic carbocycles. The predicted octanol–water partition coefficient (Wildman–Crippen LogP) is 3.08. The molecule has 2 aromatic rings. The van der Waals surface area contributed by atoms with Crippen LogP contribution in [0.15, 0.2) is 48.5 Å². The molecule has 0 aliphatic heterocycles. The summed E-state index contributed by atoms with van der Waals surface area (Å²) in [5.74, 6) is -1.88. The molecule has 22 heavy (non-hydrogen) atoms. The van der Waals surface area contributed by atoms with Crippen LogP contribution in [0.5, 0.6) is 0 Å². The molecule has 2 N–H and O–H groups in total. The smallest absolute Gasteiger partial charge is 0.305 e. The van der Waals surface area contributed by atoms with Gasteiger partial charge in [0, 0.05) is 5.56 Å². The number of aliphatic carboxylic acids is 1. The molecule has 0 heterocycles. The summed E-state index contributed by atoms with van der Waals surface area (Å²) in [6.07, 6.45) is -0.226. The second kappa shape index (κ2) is 6.85. The number of aryl methyl sites for hydroxylation is 1. The molecule has 4 nitrogen and oxygen atoms in total. The molecule has 0 spiro atoms. The fraction of sp³-hybridized carbons (Fsp3) is 0.176. The molecule has 0 radical (unpaired) electrons. The summed E-state index contributed by atoms with van der Waals surface area (Å²) in [5.41, 5.74) is 2.04. The molecule has 114 valence electrons. The fourth-order valence-electron chi connectivity index (χ4n) is 2.07. The van der Waals surface area contributed by atoms with Gasteiger partial charge in [0.1, 0.15) is 5.82 Å². The minimum absolute atomic E-state index is 0.226. The van der Waals surface area contributed by atoms with Crippen molar-refractivity contribution in [2.45, 2.75) is 19.4 Å². The minimum atomic E-state index is -1.01. The number of benzene rings is 2. The molecule has 0 fully saturated rings. The van der Waals surface area contributed by atoms with E-state index >= 15 is 0 Å². The first-order valence-electron chi connectivity index (χ1n) is 6.80. The normalized spacial score (nSPS) is 11.7. The number of carbonyl (C=O) groups is 2. The number of carboxylic acid groups (broad SMARTS) is 1. The van der Waals surface area contributed by atoms with E-state index in [9.17, 15) is 14.0 Å². The summed E-state index contributed by atoms with van der Waals surface area (Å²) in [7, 11) is 0. The summed E-state index contributed by atoms with van der Waals surface area (Å²) >= 11 is 0. The highest BCUT2D eigenvalue weighted by molar-refractivity contribution is 5.94. The van der Waals surface area contributed by atoms with Crippen LogP contribution in [0.3, 0.4) is 0 Å². The Morgan fingerprint density at radius 2 is 1.68 bits per heavy atom. The van der Waals surface area contributed by atoms with E-state index in [1.54, 1.807) is 12.1 Å². The first-order chi connectivity index (χ1) is 10.5. The van der Waals surface area contributed by atoms with Crippen molar-refractivity contribution in [3.8, 4) is 0 Å². The molecule has 0 saturated carbocycles. The van der Waals surface area contributed by atoms with Gasteiger partial charge < -0.3 is 10.4 Å². The topological polar surface area (TPSA) is 66.4 Å². The Hall–Kier alpha value is -2.69. The first-order valence-corrected chi connectivity index (χ1v) is 6.80. The molecule has 2 aromatic carbocycles. The van der Waals surface area contributed by atoms with E-state index in [-0.39, 0.29) is 12.0 Å². The lowest BCUT2D eigenvalue weighted by Crippen LogP contribution is -2.30. The molecule has 0 aliphatic rings. The minimum Gasteiger partial charge on any atom is -0.481 e. The van der Waals surface area contributed by atoms with Gasteiger partial charge in [0.15, 0.2) is 0 Å². The highest BCUT2D eigenvalue weighted by Crippen LogP contribution is 2.18. The van der Waals surface area contributed by atoms with Crippen LogP contribution in [0, 0.1) is 12.7 Å². The van der Waals surface area contributed by atoms with Crippen molar-refractivity contribution in [3.63, 3.8) is 0 Å². The number of carboxylic acids is 1. The molecule has 1 unspecified atom stereocenters. The Kier molecular flexibility index (Phi) is 4.88. The zero-order valence-electron chi connectivity index (χ0n) is 12.0. The van der Waals surface area contributed by atoms with Crippen LogP contribution in [0.2, 0.25) is 0 Å². The van der Waals surface area contributed by atoms with E-state index in [4.69, 9.17) is 5.11 Å². The average Bonchev–Trinajstić information content (AvgIpc) is 2.47. The maximum atomic E-state index is 12.9. The zero-order chi connectivity index (χ0) is 16.1. The molecule has 1 atom stereocenters. The third-order valence-corrected chi connectivity index (χ3v) is 3.27. The Morgan fingerprint density at radius 1 is 1.09 bits per heavy atom.